The molecule has 1 unspecified atom stereocenters. The third-order valence-corrected chi connectivity index (χ3v) is 4.22. The third-order valence-electron chi connectivity index (χ3n) is 4.04. The Hall–Kier alpha value is -0.870. The van der Waals surface area contributed by atoms with Crippen molar-refractivity contribution < 1.29 is 0 Å². The lowest BCUT2D eigenvalue weighted by atomic mass is 10.2. The first-order valence-corrected chi connectivity index (χ1v) is 7.10. The summed E-state index contributed by atoms with van der Waals surface area (Å²) < 4.78 is 0. The van der Waals surface area contributed by atoms with Gasteiger partial charge >= 0.3 is 0 Å². The zero-order chi connectivity index (χ0) is 12.5. The van der Waals surface area contributed by atoms with Crippen LogP contribution in [0.15, 0.2) is 6.20 Å². The van der Waals surface area contributed by atoms with Gasteiger partial charge in [0, 0.05) is 30.9 Å². The fourth-order valence-corrected chi connectivity index (χ4v) is 3.20. The zero-order valence-electron chi connectivity index (χ0n) is 10.8. The van der Waals surface area contributed by atoms with Gasteiger partial charge in [-0.15, -0.1) is 0 Å². The van der Waals surface area contributed by atoms with E-state index in [4.69, 9.17) is 11.6 Å². The molecule has 3 heterocycles. The summed E-state index contributed by atoms with van der Waals surface area (Å²) in [6.07, 6.45) is 5.76. The molecule has 18 heavy (non-hydrogen) atoms. The number of halogens is 1. The lowest BCUT2D eigenvalue weighted by molar-refractivity contribution is 0.260. The van der Waals surface area contributed by atoms with Gasteiger partial charge in [0.05, 0.1) is 0 Å². The van der Waals surface area contributed by atoms with Crippen molar-refractivity contribution in [1.29, 1.82) is 0 Å². The summed E-state index contributed by atoms with van der Waals surface area (Å²) in [5.41, 5.74) is 1.11. The molecule has 0 amide bonds. The Bertz CT molecular complexity index is 431. The number of nitrogens with zero attached hydrogens (tertiary/aromatic N) is 4. The molecule has 0 aliphatic carbocycles. The minimum Gasteiger partial charge on any atom is -0.355 e. The molecular formula is C13H19ClN4. The molecule has 2 aliphatic rings. The normalized spacial score (nSPS) is 25.0. The number of rotatable bonds is 2. The van der Waals surface area contributed by atoms with Crippen LogP contribution in [0, 0.1) is 6.92 Å². The zero-order valence-corrected chi connectivity index (χ0v) is 11.5. The van der Waals surface area contributed by atoms with Gasteiger partial charge in [-0.2, -0.15) is 0 Å². The molecule has 1 aromatic heterocycles. The van der Waals surface area contributed by atoms with Gasteiger partial charge in [-0.1, -0.05) is 0 Å². The first-order valence-electron chi connectivity index (χ1n) is 6.72. The van der Waals surface area contributed by atoms with Crippen molar-refractivity contribution >= 4 is 17.4 Å². The van der Waals surface area contributed by atoms with E-state index >= 15 is 0 Å². The molecular weight excluding hydrogens is 248 g/mol. The molecule has 0 spiro atoms. The van der Waals surface area contributed by atoms with Crippen LogP contribution in [0.4, 0.5) is 5.82 Å². The minimum absolute atomic E-state index is 0.347. The Morgan fingerprint density at radius 2 is 2.06 bits per heavy atom. The van der Waals surface area contributed by atoms with Crippen molar-refractivity contribution in [2.75, 3.05) is 31.1 Å². The van der Waals surface area contributed by atoms with E-state index in [0.717, 1.165) is 24.5 Å². The van der Waals surface area contributed by atoms with Gasteiger partial charge in [-0.3, -0.25) is 4.90 Å². The van der Waals surface area contributed by atoms with Gasteiger partial charge in [-0.25, -0.2) is 9.97 Å². The fourth-order valence-electron chi connectivity index (χ4n) is 3.07. The van der Waals surface area contributed by atoms with E-state index in [-0.39, 0.29) is 0 Å². The molecule has 0 bridgehead atoms. The van der Waals surface area contributed by atoms with Gasteiger partial charge in [0.2, 0.25) is 5.28 Å². The van der Waals surface area contributed by atoms with Gasteiger partial charge in [0.1, 0.15) is 5.82 Å². The molecule has 2 aliphatic heterocycles. The van der Waals surface area contributed by atoms with E-state index in [9.17, 15) is 0 Å². The van der Waals surface area contributed by atoms with Crippen LogP contribution in [0.3, 0.4) is 0 Å². The number of aromatic nitrogens is 2. The van der Waals surface area contributed by atoms with E-state index < -0.39 is 0 Å². The minimum atomic E-state index is 0.347. The molecule has 2 fully saturated rings. The van der Waals surface area contributed by atoms with E-state index in [0.29, 0.717) is 11.3 Å². The van der Waals surface area contributed by atoms with Crippen molar-refractivity contribution in [2.45, 2.75) is 32.2 Å². The summed E-state index contributed by atoms with van der Waals surface area (Å²) in [5.74, 6) is 1.01. The predicted octanol–water partition coefficient (Wildman–Crippen LogP) is 2.11. The van der Waals surface area contributed by atoms with Crippen molar-refractivity contribution in [1.82, 2.24) is 14.9 Å². The van der Waals surface area contributed by atoms with Crippen molar-refractivity contribution in [2.24, 2.45) is 0 Å². The van der Waals surface area contributed by atoms with Crippen LogP contribution in [0.25, 0.3) is 0 Å². The van der Waals surface area contributed by atoms with Crippen LogP contribution in [0.1, 0.15) is 24.8 Å². The molecule has 5 heteroatoms. The van der Waals surface area contributed by atoms with E-state index in [1.54, 1.807) is 0 Å². The van der Waals surface area contributed by atoms with Crippen LogP contribution >= 0.6 is 11.6 Å². The maximum Gasteiger partial charge on any atom is 0.224 e. The number of likely N-dealkylation sites (tertiary alicyclic amines) is 1. The summed E-state index contributed by atoms with van der Waals surface area (Å²) in [5, 5.41) is 0.347. The molecule has 1 atom stereocenters. The standard InChI is InChI=1S/C13H19ClN4/c1-10-8-15-13(14)16-12(10)18-7-4-11(9-18)17-5-2-3-6-17/h8,11H,2-7,9H2,1H3. The smallest absolute Gasteiger partial charge is 0.224 e. The Kier molecular flexibility index (Phi) is 3.39. The van der Waals surface area contributed by atoms with Crippen molar-refractivity contribution in [3.63, 3.8) is 0 Å². The Labute approximate surface area is 113 Å². The van der Waals surface area contributed by atoms with Crippen molar-refractivity contribution in [3.05, 3.63) is 17.0 Å². The first-order chi connectivity index (χ1) is 8.74. The fraction of sp³-hybridized carbons (Fsp3) is 0.692. The maximum absolute atomic E-state index is 5.90. The quantitative estimate of drug-likeness (QED) is 0.768. The van der Waals surface area contributed by atoms with Gasteiger partial charge < -0.3 is 4.90 Å². The lowest BCUT2D eigenvalue weighted by Gasteiger charge is -2.24. The van der Waals surface area contributed by atoms with Crippen LogP contribution in [-0.2, 0) is 0 Å². The molecule has 0 saturated carbocycles. The number of aryl methyl sites for hydroxylation is 1. The predicted molar refractivity (Wildman–Crippen MR) is 73.2 cm³/mol. The van der Waals surface area contributed by atoms with Gasteiger partial charge in [-0.05, 0) is 50.9 Å². The molecule has 3 rings (SSSR count). The molecule has 4 nitrogen and oxygen atoms in total. The summed E-state index contributed by atoms with van der Waals surface area (Å²) in [7, 11) is 0. The molecule has 0 radical (unpaired) electrons. The largest absolute Gasteiger partial charge is 0.355 e. The van der Waals surface area contributed by atoms with Crippen molar-refractivity contribution in [3.8, 4) is 0 Å². The SMILES string of the molecule is Cc1cnc(Cl)nc1N1CCC(N2CCCC2)C1. The second-order valence-electron chi connectivity index (χ2n) is 5.28. The third kappa shape index (κ3) is 2.31. The van der Waals surface area contributed by atoms with Gasteiger partial charge in [0.25, 0.3) is 0 Å². The highest BCUT2D eigenvalue weighted by molar-refractivity contribution is 6.28. The average Bonchev–Trinajstić information content (AvgIpc) is 3.00. The summed E-state index contributed by atoms with van der Waals surface area (Å²) in [6, 6.07) is 0.695. The van der Waals surface area contributed by atoms with Crippen LogP contribution < -0.4 is 4.90 Å². The molecule has 0 aromatic carbocycles. The first kappa shape index (κ1) is 12.2. The van der Waals surface area contributed by atoms with Crippen LogP contribution in [0.5, 0.6) is 0 Å². The topological polar surface area (TPSA) is 32.3 Å². The van der Waals surface area contributed by atoms with E-state index in [2.05, 4.69) is 26.7 Å². The molecule has 0 N–H and O–H groups in total. The van der Waals surface area contributed by atoms with E-state index in [1.165, 1.54) is 32.4 Å². The highest BCUT2D eigenvalue weighted by atomic mass is 35.5. The summed E-state index contributed by atoms with van der Waals surface area (Å²) in [6.45, 7) is 6.74. The van der Waals surface area contributed by atoms with Crippen LogP contribution in [-0.4, -0.2) is 47.1 Å². The number of hydrogen-bond acceptors (Lipinski definition) is 4. The Morgan fingerprint density at radius 1 is 1.28 bits per heavy atom. The second kappa shape index (κ2) is 5.02. The van der Waals surface area contributed by atoms with Gasteiger partial charge in [0.15, 0.2) is 0 Å². The second-order valence-corrected chi connectivity index (χ2v) is 5.62. The number of hydrogen-bond donors (Lipinski definition) is 0. The Balaban J connectivity index is 1.72. The summed E-state index contributed by atoms with van der Waals surface area (Å²) >= 11 is 5.90. The van der Waals surface area contributed by atoms with E-state index in [1.807, 2.05) is 6.20 Å². The molecule has 98 valence electrons. The monoisotopic (exact) mass is 266 g/mol. The molecule has 1 aromatic rings. The average molecular weight is 267 g/mol. The highest BCUT2D eigenvalue weighted by Gasteiger charge is 2.30. The number of anilines is 1. The Morgan fingerprint density at radius 3 is 2.83 bits per heavy atom. The lowest BCUT2D eigenvalue weighted by Crippen LogP contribution is -2.35. The molecule has 2 saturated heterocycles. The maximum atomic E-state index is 5.90. The van der Waals surface area contributed by atoms with Crippen LogP contribution in [0.2, 0.25) is 5.28 Å². The summed E-state index contributed by atoms with van der Waals surface area (Å²) in [4.78, 5) is 13.4. The highest BCUT2D eigenvalue weighted by Crippen LogP contribution is 2.26.